The molecule has 0 aliphatic carbocycles. The summed E-state index contributed by atoms with van der Waals surface area (Å²) >= 11 is 6.64. The molecule has 2 aliphatic heterocycles. The molecule has 4 heterocycles. The number of carbonyl (C=O) groups is 2. The van der Waals surface area contributed by atoms with Crippen molar-refractivity contribution in [1.82, 2.24) is 24.3 Å². The van der Waals surface area contributed by atoms with Crippen LogP contribution < -0.4 is 5.32 Å². The van der Waals surface area contributed by atoms with Gasteiger partial charge in [-0.25, -0.2) is 4.98 Å². The zero-order valence-electron chi connectivity index (χ0n) is 20.8. The molecule has 37 heavy (non-hydrogen) atoms. The van der Waals surface area contributed by atoms with Crippen LogP contribution in [0.2, 0.25) is 5.02 Å². The van der Waals surface area contributed by atoms with Gasteiger partial charge in [0.15, 0.2) is 0 Å². The van der Waals surface area contributed by atoms with Crippen LogP contribution in [0, 0.1) is 6.92 Å². The molecule has 2 fully saturated rings. The molecule has 194 valence electrons. The third-order valence-electron chi connectivity index (χ3n) is 6.93. The second kappa shape index (κ2) is 11.0. The lowest BCUT2D eigenvalue weighted by Gasteiger charge is -2.34. The Labute approximate surface area is 220 Å². The van der Waals surface area contributed by atoms with Crippen LogP contribution >= 0.6 is 11.6 Å². The first kappa shape index (κ1) is 25.4. The molecule has 0 spiro atoms. The number of nitrogens with one attached hydrogen (secondary N) is 1. The molecule has 2 N–H and O–H groups in total. The molecule has 2 saturated heterocycles. The molecule has 1 aromatic carbocycles. The third kappa shape index (κ3) is 5.69. The van der Waals surface area contributed by atoms with Crippen molar-refractivity contribution in [3.63, 3.8) is 0 Å². The highest BCUT2D eigenvalue weighted by Gasteiger charge is 2.28. The van der Waals surface area contributed by atoms with Crippen molar-refractivity contribution in [3.8, 4) is 0 Å². The van der Waals surface area contributed by atoms with Crippen molar-refractivity contribution in [3.05, 3.63) is 65.0 Å². The Bertz CT molecular complexity index is 1330. The van der Waals surface area contributed by atoms with Gasteiger partial charge in [-0.1, -0.05) is 23.7 Å². The SMILES string of the molecule is Cc1cc(C(=O)Nc2nc3cccc(Cl)c3n2[C@@H]2CCCCN(C(=O)C=CCN3CC(O)C3)C2)ccn1. The fourth-order valence-corrected chi connectivity index (χ4v) is 5.30. The first-order valence-corrected chi connectivity index (χ1v) is 13.0. The van der Waals surface area contributed by atoms with Crippen molar-refractivity contribution in [2.24, 2.45) is 0 Å². The number of aliphatic hydroxyl groups is 1. The lowest BCUT2D eigenvalue weighted by Crippen LogP contribution is -2.50. The van der Waals surface area contributed by atoms with E-state index in [2.05, 4.69) is 15.2 Å². The van der Waals surface area contributed by atoms with Gasteiger partial charge in [0.05, 0.1) is 28.2 Å². The molecule has 2 amide bonds. The van der Waals surface area contributed by atoms with Gasteiger partial charge in [-0.05, 0) is 50.5 Å². The molecule has 0 saturated carbocycles. The van der Waals surface area contributed by atoms with Crippen LogP contribution in [0.1, 0.15) is 41.4 Å². The van der Waals surface area contributed by atoms with Crippen LogP contribution in [0.4, 0.5) is 5.95 Å². The Hall–Kier alpha value is -3.27. The number of likely N-dealkylation sites (tertiary alicyclic amines) is 2. The number of para-hydroxylation sites is 1. The molecule has 0 bridgehead atoms. The average Bonchev–Trinajstić information content (AvgIpc) is 3.04. The van der Waals surface area contributed by atoms with Gasteiger partial charge in [-0.2, -0.15) is 0 Å². The van der Waals surface area contributed by atoms with Crippen molar-refractivity contribution in [2.45, 2.75) is 38.3 Å². The first-order chi connectivity index (χ1) is 17.9. The van der Waals surface area contributed by atoms with Crippen LogP contribution in [0.5, 0.6) is 0 Å². The monoisotopic (exact) mass is 522 g/mol. The van der Waals surface area contributed by atoms with Crippen LogP contribution in [-0.2, 0) is 4.79 Å². The zero-order chi connectivity index (χ0) is 25.9. The molecule has 9 nitrogen and oxygen atoms in total. The normalized spacial score (nSPS) is 19.2. The van der Waals surface area contributed by atoms with Crippen LogP contribution in [0.25, 0.3) is 11.0 Å². The Morgan fingerprint density at radius 2 is 2.05 bits per heavy atom. The predicted molar refractivity (Wildman–Crippen MR) is 143 cm³/mol. The minimum absolute atomic E-state index is 0.0404. The lowest BCUT2D eigenvalue weighted by atomic mass is 10.1. The van der Waals surface area contributed by atoms with Gasteiger partial charge < -0.3 is 14.6 Å². The number of aryl methyl sites for hydroxylation is 1. The van der Waals surface area contributed by atoms with E-state index in [9.17, 15) is 14.7 Å². The Balaban J connectivity index is 1.41. The fourth-order valence-electron chi connectivity index (χ4n) is 5.04. The van der Waals surface area contributed by atoms with E-state index < -0.39 is 0 Å². The van der Waals surface area contributed by atoms with E-state index in [0.29, 0.717) is 54.8 Å². The summed E-state index contributed by atoms with van der Waals surface area (Å²) in [5.41, 5.74) is 2.68. The maximum Gasteiger partial charge on any atom is 0.258 e. The summed E-state index contributed by atoms with van der Waals surface area (Å²) in [5, 5.41) is 13.0. The van der Waals surface area contributed by atoms with Crippen molar-refractivity contribution in [2.75, 3.05) is 38.0 Å². The minimum atomic E-state index is -0.279. The highest BCUT2D eigenvalue weighted by atomic mass is 35.5. The average molecular weight is 523 g/mol. The number of benzene rings is 1. The van der Waals surface area contributed by atoms with E-state index in [1.807, 2.05) is 40.7 Å². The number of fused-ring (bicyclic) bond motifs is 1. The van der Waals surface area contributed by atoms with Gasteiger partial charge in [0.25, 0.3) is 5.91 Å². The number of nitrogens with zero attached hydrogens (tertiary/aromatic N) is 5. The Morgan fingerprint density at radius 3 is 2.84 bits per heavy atom. The number of hydrogen-bond acceptors (Lipinski definition) is 6. The number of aliphatic hydroxyl groups excluding tert-OH is 1. The fraction of sp³-hybridized carbons (Fsp3) is 0.407. The number of carbonyl (C=O) groups excluding carboxylic acids is 2. The molecule has 10 heteroatoms. The maximum atomic E-state index is 13.1. The summed E-state index contributed by atoms with van der Waals surface area (Å²) in [7, 11) is 0. The number of β-amino-alcohol motifs (C(OH)–C–C–N with tert-alkyl or cyclic N) is 1. The van der Waals surface area contributed by atoms with Gasteiger partial charge >= 0.3 is 0 Å². The first-order valence-electron chi connectivity index (χ1n) is 12.7. The highest BCUT2D eigenvalue weighted by Crippen LogP contribution is 2.34. The van der Waals surface area contributed by atoms with Gasteiger partial charge in [0.2, 0.25) is 11.9 Å². The van der Waals surface area contributed by atoms with Crippen molar-refractivity contribution in [1.29, 1.82) is 0 Å². The number of imidazole rings is 1. The molecule has 3 aromatic rings. The summed E-state index contributed by atoms with van der Waals surface area (Å²) in [6.07, 6.45) is 7.49. The predicted octanol–water partition coefficient (Wildman–Crippen LogP) is 3.43. The number of pyridine rings is 1. The van der Waals surface area contributed by atoms with E-state index in [4.69, 9.17) is 16.6 Å². The topological polar surface area (TPSA) is 104 Å². The standard InChI is InChI=1S/C27H31ClN6O3/c1-18-14-19(10-11-29-18)26(37)31-27-30-23-8-4-7-22(28)25(23)34(27)20-6-2-3-13-33(15-20)24(36)9-5-12-32-16-21(35)17-32/h4-5,7-11,14,20-21,35H,2-3,6,12-13,15-17H2,1H3,(H,30,31,37)/t20-/m1/s1. The molecular weight excluding hydrogens is 492 g/mol. The summed E-state index contributed by atoms with van der Waals surface area (Å²) < 4.78 is 1.99. The quantitative estimate of drug-likeness (QED) is 0.481. The van der Waals surface area contributed by atoms with Gasteiger partial charge in [0.1, 0.15) is 0 Å². The lowest BCUT2D eigenvalue weighted by molar-refractivity contribution is -0.126. The summed E-state index contributed by atoms with van der Waals surface area (Å²) in [6.45, 7) is 4.93. The molecule has 0 radical (unpaired) electrons. The summed E-state index contributed by atoms with van der Waals surface area (Å²) in [4.78, 5) is 39.0. The van der Waals surface area contributed by atoms with E-state index >= 15 is 0 Å². The van der Waals surface area contributed by atoms with Gasteiger partial charge in [0, 0.05) is 56.3 Å². The summed E-state index contributed by atoms with van der Waals surface area (Å²) in [6, 6.07) is 8.82. The largest absolute Gasteiger partial charge is 0.390 e. The highest BCUT2D eigenvalue weighted by molar-refractivity contribution is 6.35. The Morgan fingerprint density at radius 1 is 1.22 bits per heavy atom. The second-order valence-corrected chi connectivity index (χ2v) is 10.2. The number of rotatable bonds is 6. The number of aromatic nitrogens is 3. The Kier molecular flexibility index (Phi) is 7.55. The summed E-state index contributed by atoms with van der Waals surface area (Å²) in [5.74, 6) is 0.0915. The van der Waals surface area contributed by atoms with Crippen molar-refractivity contribution < 1.29 is 14.7 Å². The smallest absolute Gasteiger partial charge is 0.258 e. The van der Waals surface area contributed by atoms with E-state index in [1.165, 1.54) is 0 Å². The molecule has 0 unspecified atom stereocenters. The maximum absolute atomic E-state index is 13.1. The molecule has 2 aromatic heterocycles. The van der Waals surface area contributed by atoms with Gasteiger partial charge in [-0.3, -0.25) is 24.8 Å². The molecule has 2 aliphatic rings. The van der Waals surface area contributed by atoms with E-state index in [1.54, 1.807) is 24.4 Å². The number of halogens is 1. The number of anilines is 1. The van der Waals surface area contributed by atoms with E-state index in [0.717, 1.165) is 30.5 Å². The third-order valence-corrected chi connectivity index (χ3v) is 7.24. The number of hydrogen-bond donors (Lipinski definition) is 2. The molecule has 5 rings (SSSR count). The molecule has 1 atom stereocenters. The van der Waals surface area contributed by atoms with Gasteiger partial charge in [-0.15, -0.1) is 0 Å². The van der Waals surface area contributed by atoms with Crippen LogP contribution in [0.15, 0.2) is 48.7 Å². The van der Waals surface area contributed by atoms with Crippen molar-refractivity contribution >= 4 is 40.4 Å². The van der Waals surface area contributed by atoms with Crippen LogP contribution in [0.3, 0.4) is 0 Å². The minimum Gasteiger partial charge on any atom is -0.390 e. The van der Waals surface area contributed by atoms with Crippen LogP contribution in [-0.4, -0.2) is 80.1 Å². The zero-order valence-corrected chi connectivity index (χ0v) is 21.6. The number of amides is 2. The molecular formula is C27H31ClN6O3. The second-order valence-electron chi connectivity index (χ2n) is 9.76. The van der Waals surface area contributed by atoms with E-state index in [-0.39, 0.29) is 24.0 Å².